The van der Waals surface area contributed by atoms with Gasteiger partial charge in [0.2, 0.25) is 0 Å². The highest BCUT2D eigenvalue weighted by Gasteiger charge is 1.95. The lowest BCUT2D eigenvalue weighted by atomic mass is 10.3. The Hall–Kier alpha value is -1.38. The summed E-state index contributed by atoms with van der Waals surface area (Å²) in [5.41, 5.74) is 0.970. The molecular formula is C9H17N3. The zero-order chi connectivity index (χ0) is 9.40. The molecule has 12 heavy (non-hydrogen) atoms. The molecule has 68 valence electrons. The molecule has 0 aromatic carbocycles. The van der Waals surface area contributed by atoms with Crippen molar-refractivity contribution in [2.24, 2.45) is 4.99 Å². The quantitative estimate of drug-likeness (QED) is 0.676. The van der Waals surface area contributed by atoms with E-state index in [-0.39, 0.29) is 1.43 Å². The Morgan fingerprint density at radius 2 is 2.33 bits per heavy atom. The summed E-state index contributed by atoms with van der Waals surface area (Å²) in [5, 5.41) is 6.51. The lowest BCUT2D eigenvalue weighted by Gasteiger charge is -1.85. The molecule has 1 N–H and O–H groups in total. The second kappa shape index (κ2) is 6.34. The van der Waals surface area contributed by atoms with E-state index in [0.29, 0.717) is 0 Å². The SMILES string of the molecule is C=Nc1[nH]ncc1/C=C\C.CC.[HH]. The number of nitrogens with zero attached hydrogens (tertiary/aromatic N) is 2. The fraction of sp³-hybridized carbons (Fsp3) is 0.333. The van der Waals surface area contributed by atoms with Crippen LogP contribution in [0.3, 0.4) is 0 Å². The first-order valence-corrected chi connectivity index (χ1v) is 4.01. The van der Waals surface area contributed by atoms with Crippen LogP contribution in [0, 0.1) is 0 Å². The van der Waals surface area contributed by atoms with E-state index in [0.717, 1.165) is 11.4 Å². The number of rotatable bonds is 2. The summed E-state index contributed by atoms with van der Waals surface area (Å²) in [4.78, 5) is 3.73. The summed E-state index contributed by atoms with van der Waals surface area (Å²) >= 11 is 0. The number of aromatic nitrogens is 2. The van der Waals surface area contributed by atoms with E-state index in [1.165, 1.54) is 0 Å². The van der Waals surface area contributed by atoms with Crippen molar-refractivity contribution in [3.8, 4) is 0 Å². The molecular weight excluding hydrogens is 150 g/mol. The molecule has 0 saturated heterocycles. The summed E-state index contributed by atoms with van der Waals surface area (Å²) in [7, 11) is 0. The lowest BCUT2D eigenvalue weighted by molar-refractivity contribution is 1.08. The maximum Gasteiger partial charge on any atom is 0.154 e. The molecule has 1 aromatic heterocycles. The van der Waals surface area contributed by atoms with Gasteiger partial charge in [0.25, 0.3) is 0 Å². The Kier molecular flexibility index (Phi) is 5.61. The highest BCUT2D eigenvalue weighted by molar-refractivity contribution is 5.61. The number of hydrogen-bond acceptors (Lipinski definition) is 2. The van der Waals surface area contributed by atoms with Crippen LogP contribution in [0.25, 0.3) is 6.08 Å². The number of nitrogens with one attached hydrogen (secondary N) is 1. The molecule has 3 heteroatoms. The van der Waals surface area contributed by atoms with Gasteiger partial charge in [-0.1, -0.05) is 26.0 Å². The zero-order valence-electron chi connectivity index (χ0n) is 7.83. The first-order valence-electron chi connectivity index (χ1n) is 4.01. The van der Waals surface area contributed by atoms with Crippen molar-refractivity contribution in [2.75, 3.05) is 0 Å². The molecule has 1 rings (SSSR count). The molecule has 3 nitrogen and oxygen atoms in total. The predicted molar refractivity (Wildman–Crippen MR) is 56.0 cm³/mol. The van der Waals surface area contributed by atoms with Gasteiger partial charge < -0.3 is 0 Å². The highest BCUT2D eigenvalue weighted by Crippen LogP contribution is 2.14. The Morgan fingerprint density at radius 3 is 2.83 bits per heavy atom. The molecule has 0 amide bonds. The van der Waals surface area contributed by atoms with Crippen LogP contribution in [-0.2, 0) is 0 Å². The molecule has 1 heterocycles. The van der Waals surface area contributed by atoms with Gasteiger partial charge in [-0.15, -0.1) is 0 Å². The Labute approximate surface area is 74.7 Å². The average Bonchev–Trinajstić information content (AvgIpc) is 2.56. The van der Waals surface area contributed by atoms with Crippen molar-refractivity contribution in [1.29, 1.82) is 0 Å². The summed E-state index contributed by atoms with van der Waals surface area (Å²) < 4.78 is 0. The largest absolute Gasteiger partial charge is 0.261 e. The van der Waals surface area contributed by atoms with E-state index in [4.69, 9.17) is 0 Å². The third kappa shape index (κ3) is 2.70. The van der Waals surface area contributed by atoms with Gasteiger partial charge in [-0.2, -0.15) is 5.10 Å². The predicted octanol–water partition coefficient (Wildman–Crippen LogP) is 3.05. The van der Waals surface area contributed by atoms with Crippen molar-refractivity contribution >= 4 is 18.6 Å². The van der Waals surface area contributed by atoms with Gasteiger partial charge >= 0.3 is 0 Å². The number of H-pyrrole nitrogens is 1. The van der Waals surface area contributed by atoms with E-state index in [2.05, 4.69) is 21.9 Å². The maximum absolute atomic E-state index is 3.80. The molecule has 0 atom stereocenters. The van der Waals surface area contributed by atoms with Crippen LogP contribution in [0.2, 0.25) is 0 Å². The smallest absolute Gasteiger partial charge is 0.154 e. The molecule has 0 bridgehead atoms. The van der Waals surface area contributed by atoms with E-state index >= 15 is 0 Å². The first kappa shape index (κ1) is 10.6. The maximum atomic E-state index is 3.80. The molecule has 0 spiro atoms. The number of aromatic amines is 1. The molecule has 0 fully saturated rings. The second-order valence-electron chi connectivity index (χ2n) is 1.83. The minimum Gasteiger partial charge on any atom is -0.261 e. The van der Waals surface area contributed by atoms with Gasteiger partial charge in [-0.3, -0.25) is 5.10 Å². The van der Waals surface area contributed by atoms with Gasteiger partial charge in [0, 0.05) is 6.99 Å². The Morgan fingerprint density at radius 1 is 1.67 bits per heavy atom. The normalized spacial score (nSPS) is 9.25. The van der Waals surface area contributed by atoms with E-state index in [1.807, 2.05) is 32.9 Å². The molecule has 0 aliphatic carbocycles. The van der Waals surface area contributed by atoms with Gasteiger partial charge in [-0.25, -0.2) is 4.99 Å². The molecule has 0 aliphatic rings. The van der Waals surface area contributed by atoms with Crippen LogP contribution < -0.4 is 0 Å². The monoisotopic (exact) mass is 167 g/mol. The van der Waals surface area contributed by atoms with Crippen molar-refractivity contribution in [3.05, 3.63) is 17.8 Å². The Balaban J connectivity index is 0. The minimum absolute atomic E-state index is 0. The third-order valence-electron chi connectivity index (χ3n) is 1.15. The summed E-state index contributed by atoms with van der Waals surface area (Å²) in [5.74, 6) is 0.720. The fourth-order valence-corrected chi connectivity index (χ4v) is 0.717. The van der Waals surface area contributed by atoms with Crippen molar-refractivity contribution in [1.82, 2.24) is 10.2 Å². The van der Waals surface area contributed by atoms with Gasteiger partial charge in [0.05, 0.1) is 6.20 Å². The minimum atomic E-state index is 0. The first-order chi connectivity index (χ1) is 5.88. The van der Waals surface area contributed by atoms with E-state index < -0.39 is 0 Å². The van der Waals surface area contributed by atoms with Crippen LogP contribution in [0.4, 0.5) is 5.82 Å². The zero-order valence-corrected chi connectivity index (χ0v) is 7.83. The van der Waals surface area contributed by atoms with Gasteiger partial charge in [0.15, 0.2) is 5.82 Å². The van der Waals surface area contributed by atoms with Crippen LogP contribution >= 0.6 is 0 Å². The molecule has 0 unspecified atom stereocenters. The molecule has 0 saturated carbocycles. The van der Waals surface area contributed by atoms with Crippen LogP contribution in [-0.4, -0.2) is 16.9 Å². The second-order valence-corrected chi connectivity index (χ2v) is 1.83. The number of allylic oxidation sites excluding steroid dienone is 1. The third-order valence-corrected chi connectivity index (χ3v) is 1.15. The lowest BCUT2D eigenvalue weighted by Crippen LogP contribution is -1.65. The van der Waals surface area contributed by atoms with E-state index in [1.54, 1.807) is 6.20 Å². The molecule has 0 radical (unpaired) electrons. The molecule has 1 aromatic rings. The standard InChI is InChI=1S/C7H9N3.C2H6.H2/c1-3-4-6-5-9-10-7(6)8-2;1-2;/h3-5H,2H2,1H3,(H,9,10);1-2H3;1H/b4-3-;;. The van der Waals surface area contributed by atoms with Crippen molar-refractivity contribution < 1.29 is 1.43 Å². The van der Waals surface area contributed by atoms with Crippen LogP contribution in [0.5, 0.6) is 0 Å². The van der Waals surface area contributed by atoms with Crippen molar-refractivity contribution in [2.45, 2.75) is 20.8 Å². The Bertz CT molecular complexity index is 253. The van der Waals surface area contributed by atoms with Crippen LogP contribution in [0.15, 0.2) is 17.3 Å². The molecule has 0 aliphatic heterocycles. The van der Waals surface area contributed by atoms with Crippen LogP contribution in [0.1, 0.15) is 27.8 Å². The van der Waals surface area contributed by atoms with E-state index in [9.17, 15) is 0 Å². The number of aliphatic imine (C=N–C) groups is 1. The fourth-order valence-electron chi connectivity index (χ4n) is 0.717. The van der Waals surface area contributed by atoms with Crippen molar-refractivity contribution in [3.63, 3.8) is 0 Å². The topological polar surface area (TPSA) is 41.0 Å². The van der Waals surface area contributed by atoms with Gasteiger partial charge in [-0.05, 0) is 13.6 Å². The summed E-state index contributed by atoms with van der Waals surface area (Å²) in [6.45, 7) is 9.34. The summed E-state index contributed by atoms with van der Waals surface area (Å²) in [6, 6.07) is 0. The number of hydrogen-bond donors (Lipinski definition) is 1. The highest BCUT2D eigenvalue weighted by atomic mass is 15.2. The van der Waals surface area contributed by atoms with Gasteiger partial charge in [0.1, 0.15) is 0 Å². The summed E-state index contributed by atoms with van der Waals surface area (Å²) in [6.07, 6.45) is 5.57. The average molecular weight is 167 g/mol.